The highest BCUT2D eigenvalue weighted by molar-refractivity contribution is 5.40. The number of hydrazine groups is 1. The molecule has 0 aliphatic carbocycles. The zero-order valence-corrected chi connectivity index (χ0v) is 9.65. The van der Waals surface area contributed by atoms with E-state index in [1.54, 1.807) is 12.1 Å². The average molecular weight is 272 g/mol. The Balaban J connectivity index is 2.38. The molecule has 0 fully saturated rings. The second kappa shape index (κ2) is 5.33. The molecule has 0 aliphatic heterocycles. The highest BCUT2D eigenvalue weighted by atomic mass is 19.4. The van der Waals surface area contributed by atoms with Gasteiger partial charge < -0.3 is 9.15 Å². The van der Waals surface area contributed by atoms with Crippen molar-refractivity contribution < 1.29 is 22.3 Å². The van der Waals surface area contributed by atoms with Crippen LogP contribution in [-0.2, 0) is 0 Å². The van der Waals surface area contributed by atoms with Crippen LogP contribution in [0.5, 0.6) is 5.75 Å². The van der Waals surface area contributed by atoms with Gasteiger partial charge in [0.05, 0.1) is 18.6 Å². The van der Waals surface area contributed by atoms with E-state index in [9.17, 15) is 13.2 Å². The molecule has 102 valence electrons. The summed E-state index contributed by atoms with van der Waals surface area (Å²) in [7, 11) is 0. The van der Waals surface area contributed by atoms with Crippen molar-refractivity contribution >= 4 is 0 Å². The van der Waals surface area contributed by atoms with Gasteiger partial charge in [-0.25, -0.2) is 5.43 Å². The zero-order valence-electron chi connectivity index (χ0n) is 9.65. The highest BCUT2D eigenvalue weighted by Gasteiger charge is 2.33. The standard InChI is InChI=1S/C12H11F3N2O2/c13-12(14,15)19-10-4-2-1-3-9(10)11(17-16)8-5-6-18-7-8/h1-7,11,17H,16H2. The van der Waals surface area contributed by atoms with Gasteiger partial charge in [-0.3, -0.25) is 5.84 Å². The molecular formula is C12H11F3N2O2. The summed E-state index contributed by atoms with van der Waals surface area (Å²) in [4.78, 5) is 0. The van der Waals surface area contributed by atoms with E-state index in [2.05, 4.69) is 10.2 Å². The summed E-state index contributed by atoms with van der Waals surface area (Å²) in [6.07, 6.45) is -1.95. The van der Waals surface area contributed by atoms with E-state index in [4.69, 9.17) is 10.3 Å². The number of alkyl halides is 3. The van der Waals surface area contributed by atoms with E-state index in [1.165, 1.54) is 30.7 Å². The molecule has 0 spiro atoms. The molecular weight excluding hydrogens is 261 g/mol. The first kappa shape index (κ1) is 13.4. The van der Waals surface area contributed by atoms with Crippen molar-refractivity contribution in [3.05, 3.63) is 54.0 Å². The number of ether oxygens (including phenoxy) is 1. The lowest BCUT2D eigenvalue weighted by atomic mass is 10.0. The fourth-order valence-electron chi connectivity index (χ4n) is 1.74. The molecule has 0 amide bonds. The maximum atomic E-state index is 12.3. The minimum atomic E-state index is -4.76. The van der Waals surface area contributed by atoms with Crippen LogP contribution < -0.4 is 16.0 Å². The summed E-state index contributed by atoms with van der Waals surface area (Å²) < 4.78 is 45.9. The van der Waals surface area contributed by atoms with Crippen LogP contribution in [0.1, 0.15) is 17.2 Å². The smallest absolute Gasteiger partial charge is 0.472 e. The molecule has 7 heteroatoms. The minimum Gasteiger partial charge on any atom is -0.472 e. The molecule has 1 aromatic heterocycles. The number of hydrogen-bond acceptors (Lipinski definition) is 4. The highest BCUT2D eigenvalue weighted by Crippen LogP contribution is 2.33. The Morgan fingerprint density at radius 1 is 1.21 bits per heavy atom. The Bertz CT molecular complexity index is 526. The Morgan fingerprint density at radius 3 is 2.53 bits per heavy atom. The van der Waals surface area contributed by atoms with E-state index in [0.717, 1.165) is 0 Å². The van der Waals surface area contributed by atoms with E-state index >= 15 is 0 Å². The Labute approximate surface area is 106 Å². The maximum absolute atomic E-state index is 12.3. The molecule has 2 aromatic rings. The number of halogens is 3. The second-order valence-electron chi connectivity index (χ2n) is 3.74. The average Bonchev–Trinajstić information content (AvgIpc) is 2.84. The number of benzene rings is 1. The molecule has 0 saturated carbocycles. The van der Waals surface area contributed by atoms with Crippen molar-refractivity contribution in [2.45, 2.75) is 12.4 Å². The van der Waals surface area contributed by atoms with Gasteiger partial charge in [0.25, 0.3) is 0 Å². The normalized spacial score (nSPS) is 13.3. The molecule has 4 nitrogen and oxygen atoms in total. The van der Waals surface area contributed by atoms with Gasteiger partial charge in [-0.15, -0.1) is 13.2 Å². The number of hydrogen-bond donors (Lipinski definition) is 2. The maximum Gasteiger partial charge on any atom is 0.573 e. The number of rotatable bonds is 4. The number of furan rings is 1. The predicted octanol–water partition coefficient (Wildman–Crippen LogP) is 2.73. The van der Waals surface area contributed by atoms with Crippen LogP contribution in [0.3, 0.4) is 0 Å². The van der Waals surface area contributed by atoms with Gasteiger partial charge in [0.2, 0.25) is 0 Å². The Hall–Kier alpha value is -1.99. The lowest BCUT2D eigenvalue weighted by Crippen LogP contribution is -2.29. The van der Waals surface area contributed by atoms with Crippen molar-refractivity contribution in [1.29, 1.82) is 0 Å². The second-order valence-corrected chi connectivity index (χ2v) is 3.74. The molecule has 19 heavy (non-hydrogen) atoms. The van der Waals surface area contributed by atoms with Gasteiger partial charge in [-0.1, -0.05) is 18.2 Å². The number of para-hydroxylation sites is 1. The van der Waals surface area contributed by atoms with Crippen LogP contribution in [-0.4, -0.2) is 6.36 Å². The summed E-state index contributed by atoms with van der Waals surface area (Å²) >= 11 is 0. The summed E-state index contributed by atoms with van der Waals surface area (Å²) in [5.74, 6) is 5.09. The van der Waals surface area contributed by atoms with Crippen LogP contribution in [0.15, 0.2) is 47.3 Å². The number of nitrogens with two attached hydrogens (primary N) is 1. The molecule has 1 atom stereocenters. The Morgan fingerprint density at radius 2 is 1.95 bits per heavy atom. The molecule has 1 aromatic carbocycles. The summed E-state index contributed by atoms with van der Waals surface area (Å²) in [5.41, 5.74) is 3.30. The lowest BCUT2D eigenvalue weighted by Gasteiger charge is -2.19. The third-order valence-corrected chi connectivity index (χ3v) is 2.50. The summed E-state index contributed by atoms with van der Waals surface area (Å²) in [6, 6.07) is 6.73. The fourth-order valence-corrected chi connectivity index (χ4v) is 1.74. The molecule has 0 saturated heterocycles. The minimum absolute atomic E-state index is 0.267. The SMILES string of the molecule is NNC(c1ccoc1)c1ccccc1OC(F)(F)F. The van der Waals surface area contributed by atoms with Crippen LogP contribution in [0.4, 0.5) is 13.2 Å². The third-order valence-electron chi connectivity index (χ3n) is 2.50. The molecule has 0 aliphatic rings. The van der Waals surface area contributed by atoms with Crippen molar-refractivity contribution in [2.75, 3.05) is 0 Å². The van der Waals surface area contributed by atoms with E-state index < -0.39 is 12.4 Å². The molecule has 1 heterocycles. The Kier molecular flexibility index (Phi) is 3.77. The van der Waals surface area contributed by atoms with Gasteiger partial charge >= 0.3 is 6.36 Å². The first-order valence-corrected chi connectivity index (χ1v) is 5.34. The summed E-state index contributed by atoms with van der Waals surface area (Å²) in [6.45, 7) is 0. The van der Waals surface area contributed by atoms with Crippen molar-refractivity contribution in [3.8, 4) is 5.75 Å². The van der Waals surface area contributed by atoms with E-state index in [1.807, 2.05) is 0 Å². The quantitative estimate of drug-likeness (QED) is 0.663. The third kappa shape index (κ3) is 3.27. The molecule has 0 bridgehead atoms. The topological polar surface area (TPSA) is 60.4 Å². The molecule has 0 radical (unpaired) electrons. The van der Waals surface area contributed by atoms with E-state index in [0.29, 0.717) is 5.56 Å². The van der Waals surface area contributed by atoms with E-state index in [-0.39, 0.29) is 11.3 Å². The van der Waals surface area contributed by atoms with Crippen molar-refractivity contribution in [3.63, 3.8) is 0 Å². The number of nitrogens with one attached hydrogen (secondary N) is 1. The zero-order chi connectivity index (χ0) is 13.9. The fraction of sp³-hybridized carbons (Fsp3) is 0.167. The van der Waals surface area contributed by atoms with Crippen LogP contribution in [0.25, 0.3) is 0 Å². The monoisotopic (exact) mass is 272 g/mol. The molecule has 2 rings (SSSR count). The van der Waals surface area contributed by atoms with Gasteiger partial charge in [-0.2, -0.15) is 0 Å². The van der Waals surface area contributed by atoms with Gasteiger partial charge in [-0.05, 0) is 12.1 Å². The predicted molar refractivity (Wildman–Crippen MR) is 61.0 cm³/mol. The van der Waals surface area contributed by atoms with Crippen molar-refractivity contribution in [1.82, 2.24) is 5.43 Å². The van der Waals surface area contributed by atoms with Gasteiger partial charge in [0, 0.05) is 11.1 Å². The van der Waals surface area contributed by atoms with Crippen molar-refractivity contribution in [2.24, 2.45) is 5.84 Å². The largest absolute Gasteiger partial charge is 0.573 e. The van der Waals surface area contributed by atoms with Crippen LogP contribution in [0.2, 0.25) is 0 Å². The molecule has 3 N–H and O–H groups in total. The van der Waals surface area contributed by atoms with Gasteiger partial charge in [0.15, 0.2) is 0 Å². The summed E-state index contributed by atoms with van der Waals surface area (Å²) in [5, 5.41) is 0. The van der Waals surface area contributed by atoms with Crippen LogP contribution in [0, 0.1) is 0 Å². The lowest BCUT2D eigenvalue weighted by molar-refractivity contribution is -0.275. The van der Waals surface area contributed by atoms with Gasteiger partial charge in [0.1, 0.15) is 5.75 Å². The first-order chi connectivity index (χ1) is 9.01. The first-order valence-electron chi connectivity index (χ1n) is 5.34. The molecule has 1 unspecified atom stereocenters. The van der Waals surface area contributed by atoms with Crippen LogP contribution >= 0.6 is 0 Å².